The van der Waals surface area contributed by atoms with Crippen LogP contribution in [0.25, 0.3) is 5.69 Å². The molecule has 2 aliphatic rings. The molecule has 0 amide bonds. The first-order chi connectivity index (χ1) is 14.1. The Morgan fingerprint density at radius 2 is 1.97 bits per heavy atom. The molecule has 6 nitrogen and oxygen atoms in total. The Hall–Kier alpha value is -1.73. The lowest BCUT2D eigenvalue weighted by molar-refractivity contribution is 0.00594. The lowest BCUT2D eigenvalue weighted by Crippen LogP contribution is -2.58. The quantitative estimate of drug-likeness (QED) is 0.809. The van der Waals surface area contributed by atoms with Crippen molar-refractivity contribution >= 4 is 0 Å². The molecule has 2 saturated heterocycles. The number of piperidine rings is 1. The average Bonchev–Trinajstić information content (AvgIpc) is 3.26. The number of aromatic nitrogens is 2. The first-order valence-corrected chi connectivity index (χ1v) is 11.0. The van der Waals surface area contributed by atoms with E-state index in [-0.39, 0.29) is 6.61 Å². The van der Waals surface area contributed by atoms with Crippen LogP contribution in [0.4, 0.5) is 0 Å². The van der Waals surface area contributed by atoms with Gasteiger partial charge in [-0.15, -0.1) is 0 Å². The fourth-order valence-corrected chi connectivity index (χ4v) is 4.95. The highest BCUT2D eigenvalue weighted by atomic mass is 16.3. The number of hydrogen-bond acceptors (Lipinski definition) is 5. The summed E-state index contributed by atoms with van der Waals surface area (Å²) < 4.78 is 1.91. The summed E-state index contributed by atoms with van der Waals surface area (Å²) in [5.74, 6) is 0. The van der Waals surface area contributed by atoms with Crippen molar-refractivity contribution in [2.45, 2.75) is 44.8 Å². The Kier molecular flexibility index (Phi) is 6.65. The smallest absolute Gasteiger partial charge is 0.0648 e. The molecule has 0 spiro atoms. The van der Waals surface area contributed by atoms with Gasteiger partial charge < -0.3 is 10.0 Å². The highest BCUT2D eigenvalue weighted by Gasteiger charge is 2.33. The zero-order valence-electron chi connectivity index (χ0n) is 17.9. The van der Waals surface area contributed by atoms with Crippen LogP contribution in [0.15, 0.2) is 36.7 Å². The second kappa shape index (κ2) is 9.39. The van der Waals surface area contributed by atoms with Gasteiger partial charge in [0.15, 0.2) is 0 Å². The molecule has 6 heteroatoms. The fourth-order valence-electron chi connectivity index (χ4n) is 4.95. The summed E-state index contributed by atoms with van der Waals surface area (Å²) in [5, 5.41) is 14.0. The molecule has 1 atom stereocenters. The summed E-state index contributed by atoms with van der Waals surface area (Å²) in [6, 6.07) is 9.73. The summed E-state index contributed by atoms with van der Waals surface area (Å²) in [7, 11) is 2.22. The van der Waals surface area contributed by atoms with E-state index >= 15 is 0 Å². The minimum absolute atomic E-state index is 0.277. The molecule has 1 aromatic carbocycles. The summed E-state index contributed by atoms with van der Waals surface area (Å²) in [6.07, 6.45) is 7.18. The number of rotatable bonds is 6. The number of likely N-dealkylation sites (tertiary alicyclic amines) is 1. The molecule has 1 unspecified atom stereocenters. The first-order valence-electron chi connectivity index (χ1n) is 11.0. The van der Waals surface area contributed by atoms with E-state index in [2.05, 4.69) is 52.0 Å². The highest BCUT2D eigenvalue weighted by molar-refractivity contribution is 5.39. The van der Waals surface area contributed by atoms with Crippen LogP contribution in [0.1, 0.15) is 30.4 Å². The molecule has 0 aliphatic carbocycles. The van der Waals surface area contributed by atoms with E-state index in [4.69, 9.17) is 0 Å². The molecule has 2 fully saturated rings. The number of piperazine rings is 1. The van der Waals surface area contributed by atoms with Crippen molar-refractivity contribution in [2.75, 3.05) is 46.4 Å². The molecule has 0 saturated carbocycles. The molecule has 2 aromatic rings. The van der Waals surface area contributed by atoms with Gasteiger partial charge in [-0.1, -0.05) is 6.07 Å². The highest BCUT2D eigenvalue weighted by Crippen LogP contribution is 2.24. The van der Waals surface area contributed by atoms with Gasteiger partial charge in [-0.3, -0.25) is 9.80 Å². The largest absolute Gasteiger partial charge is 0.396 e. The lowest BCUT2D eigenvalue weighted by Gasteiger charge is -2.47. The van der Waals surface area contributed by atoms with Gasteiger partial charge in [0.1, 0.15) is 0 Å². The standard InChI is InChI=1S/C23H35N5O/c1-19-16-22(28-10-3-9-24-28)5-4-20(19)17-26-13-14-27(23(18-26)8-15-29)21-6-11-25(2)12-7-21/h3-5,9-10,16,21,23,29H,6-8,11-15,17-18H2,1-2H3. The number of benzene rings is 1. The third-order valence-corrected chi connectivity index (χ3v) is 6.72. The van der Waals surface area contributed by atoms with Crippen LogP contribution in [-0.2, 0) is 6.54 Å². The molecule has 0 bridgehead atoms. The predicted octanol–water partition coefficient (Wildman–Crippen LogP) is 2.14. The monoisotopic (exact) mass is 397 g/mol. The van der Waals surface area contributed by atoms with E-state index in [0.29, 0.717) is 12.1 Å². The predicted molar refractivity (Wildman–Crippen MR) is 116 cm³/mol. The van der Waals surface area contributed by atoms with Crippen LogP contribution >= 0.6 is 0 Å². The maximum Gasteiger partial charge on any atom is 0.0648 e. The van der Waals surface area contributed by atoms with Gasteiger partial charge in [0.25, 0.3) is 0 Å². The summed E-state index contributed by atoms with van der Waals surface area (Å²) >= 11 is 0. The van der Waals surface area contributed by atoms with Crippen LogP contribution < -0.4 is 0 Å². The third kappa shape index (κ3) is 4.89. The third-order valence-electron chi connectivity index (χ3n) is 6.72. The van der Waals surface area contributed by atoms with Crippen molar-refractivity contribution in [3.05, 3.63) is 47.8 Å². The van der Waals surface area contributed by atoms with Gasteiger partial charge in [0, 0.05) is 57.3 Å². The molecule has 29 heavy (non-hydrogen) atoms. The van der Waals surface area contributed by atoms with Gasteiger partial charge in [0.2, 0.25) is 0 Å². The SMILES string of the molecule is Cc1cc(-n2cccn2)ccc1CN1CCN(C2CCN(C)CC2)C(CCO)C1. The molecule has 1 N–H and O–H groups in total. The summed E-state index contributed by atoms with van der Waals surface area (Å²) in [6.45, 7) is 9.11. The van der Waals surface area contributed by atoms with E-state index < -0.39 is 0 Å². The van der Waals surface area contributed by atoms with Gasteiger partial charge in [0.05, 0.1) is 5.69 Å². The Labute approximate surface area is 174 Å². The Morgan fingerprint density at radius 3 is 2.66 bits per heavy atom. The van der Waals surface area contributed by atoms with Crippen molar-refractivity contribution in [2.24, 2.45) is 0 Å². The second-order valence-electron chi connectivity index (χ2n) is 8.73. The Bertz CT molecular complexity index is 770. The second-order valence-corrected chi connectivity index (χ2v) is 8.73. The summed E-state index contributed by atoms with van der Waals surface area (Å²) in [5.41, 5.74) is 3.81. The van der Waals surface area contributed by atoms with Crippen LogP contribution in [-0.4, -0.2) is 88.0 Å². The molecule has 158 valence electrons. The normalized spacial score (nSPS) is 22.9. The zero-order valence-corrected chi connectivity index (χ0v) is 17.9. The summed E-state index contributed by atoms with van der Waals surface area (Å²) in [4.78, 5) is 7.71. The fraction of sp³-hybridized carbons (Fsp3) is 0.609. The molecule has 4 rings (SSSR count). The van der Waals surface area contributed by atoms with Crippen LogP contribution in [0, 0.1) is 6.92 Å². The molecule has 3 heterocycles. The van der Waals surface area contributed by atoms with Crippen LogP contribution in [0.2, 0.25) is 0 Å². The number of nitrogens with zero attached hydrogens (tertiary/aromatic N) is 5. The van der Waals surface area contributed by atoms with Crippen LogP contribution in [0.5, 0.6) is 0 Å². The van der Waals surface area contributed by atoms with Crippen molar-refractivity contribution in [1.29, 1.82) is 0 Å². The minimum atomic E-state index is 0.277. The van der Waals surface area contributed by atoms with Gasteiger partial charge in [-0.25, -0.2) is 4.68 Å². The van der Waals surface area contributed by atoms with Crippen molar-refractivity contribution < 1.29 is 5.11 Å². The molecular formula is C23H35N5O. The van der Waals surface area contributed by atoms with Crippen molar-refractivity contribution in [3.63, 3.8) is 0 Å². The van der Waals surface area contributed by atoms with Crippen molar-refractivity contribution in [1.82, 2.24) is 24.5 Å². The van der Waals surface area contributed by atoms with Gasteiger partial charge in [-0.2, -0.15) is 5.10 Å². The first kappa shape index (κ1) is 20.5. The number of hydrogen-bond donors (Lipinski definition) is 1. The Balaban J connectivity index is 1.40. The topological polar surface area (TPSA) is 47.8 Å². The number of aliphatic hydroxyl groups is 1. The number of aryl methyl sites for hydroxylation is 1. The molecule has 1 aromatic heterocycles. The van der Waals surface area contributed by atoms with E-state index in [0.717, 1.165) is 38.3 Å². The molecule has 0 radical (unpaired) electrons. The van der Waals surface area contributed by atoms with E-state index in [9.17, 15) is 5.11 Å². The maximum absolute atomic E-state index is 9.66. The maximum atomic E-state index is 9.66. The Morgan fingerprint density at radius 1 is 1.14 bits per heavy atom. The minimum Gasteiger partial charge on any atom is -0.396 e. The van der Waals surface area contributed by atoms with Gasteiger partial charge in [-0.05, 0) is 75.6 Å². The number of aliphatic hydroxyl groups excluding tert-OH is 1. The molecular weight excluding hydrogens is 362 g/mol. The zero-order chi connectivity index (χ0) is 20.2. The van der Waals surface area contributed by atoms with E-state index in [1.165, 1.54) is 37.1 Å². The van der Waals surface area contributed by atoms with E-state index in [1.807, 2.05) is 23.1 Å². The van der Waals surface area contributed by atoms with Crippen molar-refractivity contribution in [3.8, 4) is 5.69 Å². The molecule has 2 aliphatic heterocycles. The average molecular weight is 398 g/mol. The van der Waals surface area contributed by atoms with Gasteiger partial charge >= 0.3 is 0 Å². The van der Waals surface area contributed by atoms with E-state index in [1.54, 1.807) is 0 Å². The van der Waals surface area contributed by atoms with Crippen LogP contribution in [0.3, 0.4) is 0 Å². The lowest BCUT2D eigenvalue weighted by atomic mass is 9.98.